The molecule has 1 N–H and O–H groups in total. The number of ether oxygens (including phenoxy) is 1. The molecule has 0 radical (unpaired) electrons. The van der Waals surface area contributed by atoms with Gasteiger partial charge in [-0.1, -0.05) is 50.6 Å². The maximum Gasteiger partial charge on any atom is 0.244 e. The van der Waals surface area contributed by atoms with Gasteiger partial charge >= 0.3 is 0 Å². The van der Waals surface area contributed by atoms with Gasteiger partial charge in [0.1, 0.15) is 18.3 Å². The second-order valence-electron chi connectivity index (χ2n) is 8.68. The first-order chi connectivity index (χ1) is 16.5. The number of hydrogen-bond donors (Lipinski definition) is 1. The third-order valence-electron chi connectivity index (χ3n) is 5.36. The Labute approximate surface area is 213 Å². The van der Waals surface area contributed by atoms with Crippen LogP contribution >= 0.6 is 11.6 Å². The van der Waals surface area contributed by atoms with E-state index in [1.165, 1.54) is 12.0 Å². The lowest BCUT2D eigenvalue weighted by atomic mass is 10.1. The van der Waals surface area contributed by atoms with Crippen LogP contribution in [0.3, 0.4) is 0 Å². The van der Waals surface area contributed by atoms with Crippen molar-refractivity contribution in [3.8, 4) is 5.75 Å². The van der Waals surface area contributed by atoms with E-state index < -0.39 is 28.5 Å². The second kappa shape index (κ2) is 12.8. The molecule has 2 aromatic rings. The van der Waals surface area contributed by atoms with Crippen molar-refractivity contribution in [2.45, 2.75) is 39.8 Å². The maximum atomic E-state index is 13.6. The topological polar surface area (TPSA) is 96.0 Å². The van der Waals surface area contributed by atoms with Crippen molar-refractivity contribution >= 4 is 39.1 Å². The third-order valence-corrected chi connectivity index (χ3v) is 6.75. The number of nitrogens with zero attached hydrogens (tertiary/aromatic N) is 2. The largest absolute Gasteiger partial charge is 0.497 e. The van der Waals surface area contributed by atoms with Crippen molar-refractivity contribution in [2.75, 3.05) is 30.8 Å². The fraction of sp³-hybridized carbons (Fsp3) is 0.440. The fourth-order valence-electron chi connectivity index (χ4n) is 3.51. The minimum Gasteiger partial charge on any atom is -0.497 e. The number of amides is 2. The molecular weight excluding hydrogens is 490 g/mol. The zero-order valence-corrected chi connectivity index (χ0v) is 22.4. The first-order valence-corrected chi connectivity index (χ1v) is 13.6. The van der Waals surface area contributed by atoms with Gasteiger partial charge in [-0.2, -0.15) is 0 Å². The van der Waals surface area contributed by atoms with E-state index in [1.807, 2.05) is 20.8 Å². The van der Waals surface area contributed by atoms with Crippen LogP contribution in [0.2, 0.25) is 5.02 Å². The van der Waals surface area contributed by atoms with Crippen LogP contribution in [0.5, 0.6) is 5.75 Å². The van der Waals surface area contributed by atoms with Gasteiger partial charge in [0, 0.05) is 24.2 Å². The summed E-state index contributed by atoms with van der Waals surface area (Å²) in [5.41, 5.74) is 1.06. The molecule has 0 heterocycles. The molecule has 0 saturated heterocycles. The summed E-state index contributed by atoms with van der Waals surface area (Å²) in [7, 11) is -2.34. The van der Waals surface area contributed by atoms with Gasteiger partial charge in [-0.25, -0.2) is 8.42 Å². The molecule has 0 aliphatic rings. The molecule has 0 aromatic heterocycles. The van der Waals surface area contributed by atoms with E-state index in [-0.39, 0.29) is 18.4 Å². The number of rotatable bonds is 12. The monoisotopic (exact) mass is 523 g/mol. The summed E-state index contributed by atoms with van der Waals surface area (Å²) in [6, 6.07) is 12.7. The molecule has 0 aliphatic carbocycles. The van der Waals surface area contributed by atoms with Gasteiger partial charge in [0.15, 0.2) is 0 Å². The molecule has 0 bridgehead atoms. The quantitative estimate of drug-likeness (QED) is 0.457. The summed E-state index contributed by atoms with van der Waals surface area (Å²) in [5.74, 6) is -0.0812. The van der Waals surface area contributed by atoms with Crippen LogP contribution in [0.25, 0.3) is 0 Å². The molecule has 8 nitrogen and oxygen atoms in total. The van der Waals surface area contributed by atoms with Crippen molar-refractivity contribution in [1.82, 2.24) is 10.2 Å². The molecule has 0 saturated carbocycles. The first-order valence-electron chi connectivity index (χ1n) is 11.4. The summed E-state index contributed by atoms with van der Waals surface area (Å²) >= 11 is 6.01. The van der Waals surface area contributed by atoms with E-state index in [2.05, 4.69) is 5.32 Å². The van der Waals surface area contributed by atoms with Crippen molar-refractivity contribution in [3.63, 3.8) is 0 Å². The minimum atomic E-state index is -3.81. The van der Waals surface area contributed by atoms with E-state index in [9.17, 15) is 18.0 Å². The highest BCUT2D eigenvalue weighted by molar-refractivity contribution is 7.92. The summed E-state index contributed by atoms with van der Waals surface area (Å²) in [6.45, 7) is 5.91. The molecule has 192 valence electrons. The molecule has 1 unspecified atom stereocenters. The summed E-state index contributed by atoms with van der Waals surface area (Å²) in [6.07, 6.45) is 1.40. The van der Waals surface area contributed by atoms with Crippen molar-refractivity contribution in [1.29, 1.82) is 0 Å². The number of sulfonamides is 1. The van der Waals surface area contributed by atoms with Crippen molar-refractivity contribution < 1.29 is 22.7 Å². The molecule has 2 rings (SSSR count). The normalized spacial score (nSPS) is 12.2. The fourth-order valence-corrected chi connectivity index (χ4v) is 4.48. The Morgan fingerprint density at radius 2 is 1.77 bits per heavy atom. The van der Waals surface area contributed by atoms with Crippen molar-refractivity contribution in [2.24, 2.45) is 5.92 Å². The SMILES string of the molecule is CCC(C(=O)NCC(C)C)N(Cc1ccc(Cl)cc1)C(=O)CN(c1cccc(OC)c1)S(C)(=O)=O. The van der Waals surface area contributed by atoms with Gasteiger partial charge in [0.25, 0.3) is 0 Å². The van der Waals surface area contributed by atoms with E-state index in [0.717, 1.165) is 16.1 Å². The number of benzene rings is 2. The number of carbonyl (C=O) groups excluding carboxylic acids is 2. The molecule has 1 atom stereocenters. The number of nitrogens with one attached hydrogen (secondary N) is 1. The van der Waals surface area contributed by atoms with Crippen LogP contribution in [-0.4, -0.2) is 57.6 Å². The van der Waals surface area contributed by atoms with Crippen LogP contribution < -0.4 is 14.4 Å². The van der Waals surface area contributed by atoms with Gasteiger partial charge in [0.05, 0.1) is 19.1 Å². The van der Waals surface area contributed by atoms with E-state index in [0.29, 0.717) is 29.4 Å². The molecule has 0 aliphatic heterocycles. The maximum absolute atomic E-state index is 13.6. The Morgan fingerprint density at radius 1 is 1.11 bits per heavy atom. The Bertz CT molecular complexity index is 1110. The molecule has 2 aromatic carbocycles. The lowest BCUT2D eigenvalue weighted by Crippen LogP contribution is -2.52. The summed E-state index contributed by atoms with van der Waals surface area (Å²) in [4.78, 5) is 28.1. The Kier molecular flexibility index (Phi) is 10.4. The van der Waals surface area contributed by atoms with Gasteiger partial charge in [-0.15, -0.1) is 0 Å². The number of anilines is 1. The standard InChI is InChI=1S/C25H34ClN3O5S/c1-6-23(25(31)27-15-18(2)3)28(16-19-10-12-20(26)13-11-19)24(30)17-29(35(5,32)33)21-8-7-9-22(14-21)34-4/h7-14,18,23H,6,15-17H2,1-5H3,(H,27,31). The molecule has 2 amide bonds. The van der Waals surface area contributed by atoms with Gasteiger partial charge < -0.3 is 15.0 Å². The summed E-state index contributed by atoms with van der Waals surface area (Å²) in [5, 5.41) is 3.44. The Hall–Kier alpha value is -2.78. The number of halogens is 1. The van der Waals surface area contributed by atoms with Crippen LogP contribution in [0.15, 0.2) is 48.5 Å². The third kappa shape index (κ3) is 8.43. The molecule has 35 heavy (non-hydrogen) atoms. The lowest BCUT2D eigenvalue weighted by Gasteiger charge is -2.33. The lowest BCUT2D eigenvalue weighted by molar-refractivity contribution is -0.140. The van der Waals surface area contributed by atoms with Gasteiger partial charge in [0.2, 0.25) is 21.8 Å². The number of hydrogen-bond acceptors (Lipinski definition) is 5. The van der Waals surface area contributed by atoms with E-state index in [4.69, 9.17) is 16.3 Å². The Morgan fingerprint density at radius 3 is 2.31 bits per heavy atom. The van der Waals surface area contributed by atoms with Crippen LogP contribution in [0, 0.1) is 5.92 Å². The van der Waals surface area contributed by atoms with Gasteiger partial charge in [-0.3, -0.25) is 13.9 Å². The average molecular weight is 524 g/mol. The zero-order valence-electron chi connectivity index (χ0n) is 20.8. The van der Waals surface area contributed by atoms with Crippen molar-refractivity contribution in [3.05, 3.63) is 59.1 Å². The first kappa shape index (κ1) is 28.5. The van der Waals surface area contributed by atoms with E-state index in [1.54, 1.807) is 48.5 Å². The molecule has 10 heteroatoms. The number of methoxy groups -OCH3 is 1. The van der Waals surface area contributed by atoms with E-state index >= 15 is 0 Å². The number of carbonyl (C=O) groups is 2. The average Bonchev–Trinajstić information content (AvgIpc) is 2.81. The summed E-state index contributed by atoms with van der Waals surface area (Å²) < 4.78 is 31.5. The zero-order chi connectivity index (χ0) is 26.2. The molecule has 0 fully saturated rings. The predicted octanol–water partition coefficient (Wildman–Crippen LogP) is 3.69. The van der Waals surface area contributed by atoms with Crippen LogP contribution in [0.1, 0.15) is 32.8 Å². The minimum absolute atomic E-state index is 0.124. The molecular formula is C25H34ClN3O5S. The van der Waals surface area contributed by atoms with Gasteiger partial charge in [-0.05, 0) is 42.2 Å². The smallest absolute Gasteiger partial charge is 0.244 e. The Balaban J connectivity index is 2.42. The highest BCUT2D eigenvalue weighted by atomic mass is 35.5. The van der Waals surface area contributed by atoms with Crippen LogP contribution in [0.4, 0.5) is 5.69 Å². The highest BCUT2D eigenvalue weighted by Crippen LogP contribution is 2.24. The predicted molar refractivity (Wildman–Crippen MR) is 139 cm³/mol. The second-order valence-corrected chi connectivity index (χ2v) is 11.0. The highest BCUT2D eigenvalue weighted by Gasteiger charge is 2.31. The van der Waals surface area contributed by atoms with Crippen LogP contribution in [-0.2, 0) is 26.2 Å². The molecule has 0 spiro atoms.